The number of likely N-dealkylation sites (N-methyl/N-ethyl adjacent to an activating group) is 1. The highest BCUT2D eigenvalue weighted by Crippen LogP contribution is 2.45. The Morgan fingerprint density at radius 3 is 2.30 bits per heavy atom. The fourth-order valence-electron chi connectivity index (χ4n) is 3.85. The molecule has 2 N–H and O–H groups in total. The number of aliphatic hydroxyl groups excluding tert-OH is 1. The fraction of sp³-hybridized carbons (Fsp3) is 0.310. The van der Waals surface area contributed by atoms with Crippen LogP contribution in [0.15, 0.2) is 54.6 Å². The summed E-state index contributed by atoms with van der Waals surface area (Å²) in [5.41, 5.74) is 5.73. The number of hydrogen-bond donors (Lipinski definition) is 2. The third kappa shape index (κ3) is 9.91. The number of benzene rings is 2. The van der Waals surface area contributed by atoms with E-state index in [1.165, 1.54) is 40.3 Å². The molecule has 1 aliphatic rings. The van der Waals surface area contributed by atoms with Gasteiger partial charge in [-0.15, -0.1) is 0 Å². The number of hydrogen-bond acceptors (Lipinski definition) is 8. The predicted octanol–water partition coefficient (Wildman–Crippen LogP) is 2.48. The molecule has 2 aromatic carbocycles. The molecule has 11 nitrogen and oxygen atoms in total. The van der Waals surface area contributed by atoms with Gasteiger partial charge in [0.05, 0.1) is 0 Å². The minimum atomic E-state index is -0.399. The van der Waals surface area contributed by atoms with Crippen LogP contribution >= 0.6 is 0 Å². The molecule has 1 atom stereocenters. The van der Waals surface area contributed by atoms with Crippen LogP contribution in [0, 0.1) is 0 Å². The van der Waals surface area contributed by atoms with Crippen molar-refractivity contribution in [3.63, 3.8) is 0 Å². The number of nitrogens with zero attached hydrogens (tertiary/aromatic N) is 2. The number of allylic oxidation sites excluding steroid dienone is 1. The molecule has 0 saturated heterocycles. The van der Waals surface area contributed by atoms with E-state index in [4.69, 9.17) is 5.11 Å². The molecule has 214 valence electrons. The average Bonchev–Trinajstić information content (AvgIpc) is 3.25. The second kappa shape index (κ2) is 17.8. The summed E-state index contributed by atoms with van der Waals surface area (Å²) in [6.07, 6.45) is 3.90. The highest BCUT2D eigenvalue weighted by Gasteiger charge is 2.25. The first-order valence-corrected chi connectivity index (χ1v) is 12.4. The first-order chi connectivity index (χ1) is 19.2. The Labute approximate surface area is 233 Å². The molecule has 0 radical (unpaired) electrons. The highest BCUT2D eigenvalue weighted by molar-refractivity contribution is 5.93. The van der Waals surface area contributed by atoms with Crippen LogP contribution in [0.4, 0.5) is 5.69 Å². The Bertz CT molecular complexity index is 1210. The minimum Gasteiger partial charge on any atom is -0.400 e. The summed E-state index contributed by atoms with van der Waals surface area (Å²) in [4.78, 5) is 70.1. The number of rotatable bonds is 11. The number of aldehydes is 2. The van der Waals surface area contributed by atoms with Crippen molar-refractivity contribution < 1.29 is 38.7 Å². The molecule has 0 heterocycles. The monoisotopic (exact) mass is 553 g/mol. The van der Waals surface area contributed by atoms with Crippen LogP contribution in [0.3, 0.4) is 0 Å². The quantitative estimate of drug-likeness (QED) is 0.245. The van der Waals surface area contributed by atoms with Gasteiger partial charge in [-0.1, -0.05) is 37.3 Å². The first-order valence-electron chi connectivity index (χ1n) is 12.4. The Morgan fingerprint density at radius 2 is 1.65 bits per heavy atom. The average molecular weight is 554 g/mol. The summed E-state index contributed by atoms with van der Waals surface area (Å²) >= 11 is 0. The van der Waals surface area contributed by atoms with Gasteiger partial charge in [0.1, 0.15) is 12.6 Å². The van der Waals surface area contributed by atoms with Gasteiger partial charge in [-0.25, -0.2) is 0 Å². The van der Waals surface area contributed by atoms with Gasteiger partial charge in [-0.3, -0.25) is 24.0 Å². The summed E-state index contributed by atoms with van der Waals surface area (Å²) in [6, 6.07) is 14.3. The molecule has 11 heteroatoms. The molecule has 1 aliphatic carbocycles. The van der Waals surface area contributed by atoms with E-state index >= 15 is 0 Å². The van der Waals surface area contributed by atoms with Gasteiger partial charge in [0, 0.05) is 64.7 Å². The fourth-order valence-corrected chi connectivity index (χ4v) is 3.85. The van der Waals surface area contributed by atoms with Crippen molar-refractivity contribution >= 4 is 42.5 Å². The smallest absolute Gasteiger partial charge is 0.320 e. The number of fused-ring (bicyclic) bond motifs is 3. The molecule has 0 spiro atoms. The molecular formula is C29H35N3O8. The Hall–Kier alpha value is -4.64. The second-order valence-electron chi connectivity index (χ2n) is 8.46. The summed E-state index contributed by atoms with van der Waals surface area (Å²) in [6.45, 7) is 2.60. The van der Waals surface area contributed by atoms with Crippen LogP contribution in [-0.4, -0.2) is 79.6 Å². The summed E-state index contributed by atoms with van der Waals surface area (Å²) < 4.78 is 0. The van der Waals surface area contributed by atoms with Crippen LogP contribution < -0.4 is 5.32 Å². The van der Waals surface area contributed by atoms with E-state index in [-0.39, 0.29) is 44.1 Å². The summed E-state index contributed by atoms with van der Waals surface area (Å²) in [5, 5.41) is 10.7. The van der Waals surface area contributed by atoms with E-state index in [9.17, 15) is 28.8 Å². The lowest BCUT2D eigenvalue weighted by Gasteiger charge is -2.15. The van der Waals surface area contributed by atoms with Crippen molar-refractivity contribution in [3.8, 4) is 11.1 Å². The molecular weight excluding hydrogens is 518 g/mol. The standard InChI is InChI=1S/C22H22N2O3.C6H9NO4.CH4O/c1-15-17-6-3-4-7-18(17)19-10-9-16(14-20(15)19)23-21(26)11-12-24(2)22(27)8-5-13-25;1-7(11-5-9)6(10)3-2-4-8;1-2/h3-10,13-15H,11-12H2,1-2H3,(H,23,26);4-5H,2-3H2,1H3;2H,1H3/b8-5-;;. The van der Waals surface area contributed by atoms with Crippen molar-refractivity contribution in [2.45, 2.75) is 32.1 Å². The van der Waals surface area contributed by atoms with Gasteiger partial charge in [0.2, 0.25) is 11.8 Å². The number of amides is 3. The van der Waals surface area contributed by atoms with E-state index < -0.39 is 5.91 Å². The molecule has 2 aromatic rings. The molecule has 0 aromatic heterocycles. The van der Waals surface area contributed by atoms with Crippen molar-refractivity contribution in [1.29, 1.82) is 0 Å². The Balaban J connectivity index is 0.000000520. The first kappa shape index (κ1) is 33.4. The van der Waals surface area contributed by atoms with Crippen molar-refractivity contribution in [1.82, 2.24) is 9.96 Å². The molecule has 3 amide bonds. The Morgan fingerprint density at radius 1 is 0.975 bits per heavy atom. The minimum absolute atomic E-state index is 0.0633. The van der Waals surface area contributed by atoms with Crippen molar-refractivity contribution in [2.75, 3.05) is 33.1 Å². The van der Waals surface area contributed by atoms with Crippen molar-refractivity contribution in [3.05, 3.63) is 65.7 Å². The number of nitrogens with one attached hydrogen (secondary N) is 1. The van der Waals surface area contributed by atoms with E-state index in [0.29, 0.717) is 18.5 Å². The second-order valence-corrected chi connectivity index (χ2v) is 8.46. The normalized spacial score (nSPS) is 12.3. The lowest BCUT2D eigenvalue weighted by atomic mass is 9.99. The van der Waals surface area contributed by atoms with Crippen molar-refractivity contribution in [2.24, 2.45) is 0 Å². The number of hydroxylamine groups is 2. The molecule has 1 unspecified atom stereocenters. The van der Waals surface area contributed by atoms with E-state index in [1.54, 1.807) is 7.05 Å². The third-order valence-electron chi connectivity index (χ3n) is 5.92. The third-order valence-corrected chi connectivity index (χ3v) is 5.92. The Kier molecular flexibility index (Phi) is 14.9. The van der Waals surface area contributed by atoms with Crippen LogP contribution in [0.5, 0.6) is 0 Å². The van der Waals surface area contributed by atoms with Gasteiger partial charge in [-0.05, 0) is 40.5 Å². The zero-order valence-electron chi connectivity index (χ0n) is 23.0. The van der Waals surface area contributed by atoms with E-state index in [2.05, 4.69) is 29.2 Å². The number of aliphatic hydroxyl groups is 1. The molecule has 40 heavy (non-hydrogen) atoms. The van der Waals surface area contributed by atoms with E-state index in [0.717, 1.165) is 23.9 Å². The number of carbonyl (C=O) groups excluding carboxylic acids is 6. The molecule has 0 bridgehead atoms. The van der Waals surface area contributed by atoms with Gasteiger partial charge >= 0.3 is 6.47 Å². The molecule has 0 saturated carbocycles. The van der Waals surface area contributed by atoms with Gasteiger partial charge in [0.15, 0.2) is 0 Å². The maximum atomic E-state index is 12.2. The van der Waals surface area contributed by atoms with E-state index in [1.807, 2.05) is 30.3 Å². The number of carbonyl (C=O) groups is 6. The number of anilines is 1. The maximum absolute atomic E-state index is 12.2. The molecule has 0 fully saturated rings. The van der Waals surface area contributed by atoms with Crippen LogP contribution in [0.2, 0.25) is 0 Å². The maximum Gasteiger partial charge on any atom is 0.320 e. The largest absolute Gasteiger partial charge is 0.400 e. The van der Waals surface area contributed by atoms with Gasteiger partial charge in [-0.2, -0.15) is 5.06 Å². The lowest BCUT2D eigenvalue weighted by Crippen LogP contribution is -2.28. The zero-order chi connectivity index (χ0) is 30.1. The SMILES string of the molecule is CC1c2ccccc2-c2ccc(NC(=O)CCN(C)C(=O)/C=C\C=O)cc21.CN(OC=O)C(=O)CCC=O.CO. The predicted molar refractivity (Wildman–Crippen MR) is 149 cm³/mol. The topological polar surface area (TPSA) is 150 Å². The van der Waals surface area contributed by atoms with Crippen LogP contribution in [-0.2, 0) is 33.6 Å². The van der Waals surface area contributed by atoms with Gasteiger partial charge < -0.3 is 25.0 Å². The molecule has 0 aliphatic heterocycles. The summed E-state index contributed by atoms with van der Waals surface area (Å²) in [5.74, 6) is -0.568. The lowest BCUT2D eigenvalue weighted by molar-refractivity contribution is -0.181. The summed E-state index contributed by atoms with van der Waals surface area (Å²) in [7, 11) is 3.90. The van der Waals surface area contributed by atoms with Crippen LogP contribution in [0.25, 0.3) is 11.1 Å². The van der Waals surface area contributed by atoms with Gasteiger partial charge in [0.25, 0.3) is 5.91 Å². The highest BCUT2D eigenvalue weighted by atomic mass is 16.7. The zero-order valence-corrected chi connectivity index (χ0v) is 23.0. The van der Waals surface area contributed by atoms with Crippen LogP contribution in [0.1, 0.15) is 43.2 Å². The molecule has 3 rings (SSSR count).